The fraction of sp³-hybridized carbons (Fsp3) is 0.0667. The van der Waals surface area contributed by atoms with Gasteiger partial charge in [0, 0.05) is 0 Å². The second-order valence-corrected chi connectivity index (χ2v) is 6.57. The lowest BCUT2D eigenvalue weighted by molar-refractivity contribution is 0.249. The number of benzene rings is 2. The van der Waals surface area contributed by atoms with E-state index >= 15 is 0 Å². The molecular formula is C15H14ClN3O5S. The van der Waals surface area contributed by atoms with Gasteiger partial charge in [-0.2, -0.15) is 13.5 Å². The Morgan fingerprint density at radius 1 is 1.28 bits per heavy atom. The molecule has 0 spiro atoms. The lowest BCUT2D eigenvalue weighted by atomic mass is 10.2. The van der Waals surface area contributed by atoms with E-state index in [1.165, 1.54) is 37.6 Å². The second-order valence-electron chi connectivity index (χ2n) is 4.62. The number of methoxy groups -OCH3 is 1. The zero-order chi connectivity index (χ0) is 18.4. The van der Waals surface area contributed by atoms with E-state index in [1.807, 2.05) is 5.43 Å². The minimum atomic E-state index is -4.08. The lowest BCUT2D eigenvalue weighted by Gasteiger charge is -2.13. The molecule has 0 bridgehead atoms. The van der Waals surface area contributed by atoms with Gasteiger partial charge in [0.05, 0.1) is 18.3 Å². The summed E-state index contributed by atoms with van der Waals surface area (Å²) in [5.74, 6) is -0.0828. The van der Waals surface area contributed by atoms with Gasteiger partial charge < -0.3 is 14.7 Å². The Morgan fingerprint density at radius 2 is 1.96 bits per heavy atom. The summed E-state index contributed by atoms with van der Waals surface area (Å²) in [5.41, 5.74) is 7.34. The van der Waals surface area contributed by atoms with E-state index in [1.54, 1.807) is 18.2 Å². The van der Waals surface area contributed by atoms with Crippen molar-refractivity contribution in [3.05, 3.63) is 53.1 Å². The van der Waals surface area contributed by atoms with Crippen molar-refractivity contribution in [1.82, 2.24) is 5.43 Å². The number of hydrogen-bond acceptors (Lipinski definition) is 6. The molecule has 0 aliphatic carbocycles. The van der Waals surface area contributed by atoms with E-state index < -0.39 is 16.1 Å². The molecule has 2 aromatic rings. The molecule has 2 amide bonds. The van der Waals surface area contributed by atoms with Crippen LogP contribution in [0.1, 0.15) is 5.56 Å². The Kier molecular flexibility index (Phi) is 5.84. The van der Waals surface area contributed by atoms with Crippen molar-refractivity contribution in [2.45, 2.75) is 4.90 Å². The summed E-state index contributed by atoms with van der Waals surface area (Å²) in [6, 6.07) is 9.61. The summed E-state index contributed by atoms with van der Waals surface area (Å²) in [6.07, 6.45) is 1.26. The van der Waals surface area contributed by atoms with Crippen LogP contribution in [0.25, 0.3) is 0 Å². The molecular weight excluding hydrogens is 370 g/mol. The van der Waals surface area contributed by atoms with Gasteiger partial charge in [0.1, 0.15) is 4.90 Å². The molecule has 2 rings (SSSR count). The number of hydrogen-bond donors (Lipinski definition) is 2. The number of urea groups is 1. The standard InChI is InChI=1S/C15H14ClN3O5S/c1-23-13-8-10(9-18-19-15(17)20)7-12(16)14(13)24-25(21,22)11-5-3-2-4-6-11/h2-9H,1H3,(H3,17,19,20)/b18-9+. The van der Waals surface area contributed by atoms with Gasteiger partial charge in [-0.05, 0) is 29.8 Å². The van der Waals surface area contributed by atoms with Crippen LogP contribution < -0.4 is 20.1 Å². The monoisotopic (exact) mass is 383 g/mol. The minimum absolute atomic E-state index is 0.0145. The highest BCUT2D eigenvalue weighted by atomic mass is 35.5. The van der Waals surface area contributed by atoms with Crippen LogP contribution in [0.5, 0.6) is 11.5 Å². The van der Waals surface area contributed by atoms with Crippen LogP contribution in [0, 0.1) is 0 Å². The molecule has 0 aromatic heterocycles. The Hall–Kier alpha value is -2.78. The van der Waals surface area contributed by atoms with Crippen molar-refractivity contribution in [3.63, 3.8) is 0 Å². The van der Waals surface area contributed by atoms with Crippen molar-refractivity contribution in [1.29, 1.82) is 0 Å². The first-order valence-electron chi connectivity index (χ1n) is 6.79. The average molecular weight is 384 g/mol. The molecule has 0 saturated carbocycles. The number of ether oxygens (including phenoxy) is 1. The number of carbonyl (C=O) groups excluding carboxylic acids is 1. The van der Waals surface area contributed by atoms with Gasteiger partial charge in [-0.1, -0.05) is 29.8 Å². The highest BCUT2D eigenvalue weighted by Gasteiger charge is 2.21. The van der Waals surface area contributed by atoms with E-state index in [9.17, 15) is 13.2 Å². The summed E-state index contributed by atoms with van der Waals surface area (Å²) >= 11 is 6.11. The number of hydrazone groups is 1. The predicted molar refractivity (Wildman–Crippen MR) is 92.6 cm³/mol. The van der Waals surface area contributed by atoms with Gasteiger partial charge in [-0.25, -0.2) is 10.2 Å². The Morgan fingerprint density at radius 3 is 2.56 bits per heavy atom. The van der Waals surface area contributed by atoms with Gasteiger partial charge in [0.15, 0.2) is 5.75 Å². The summed E-state index contributed by atoms with van der Waals surface area (Å²) in [7, 11) is -2.75. The topological polar surface area (TPSA) is 120 Å². The Bertz CT molecular complexity index is 901. The van der Waals surface area contributed by atoms with Crippen LogP contribution in [-0.2, 0) is 10.1 Å². The molecule has 0 fully saturated rings. The zero-order valence-corrected chi connectivity index (χ0v) is 14.5. The maximum absolute atomic E-state index is 12.3. The number of nitrogens with two attached hydrogens (primary N) is 1. The Balaban J connectivity index is 2.35. The maximum atomic E-state index is 12.3. The van der Waals surface area contributed by atoms with Gasteiger partial charge in [-0.15, -0.1) is 0 Å². The molecule has 8 nitrogen and oxygen atoms in total. The van der Waals surface area contributed by atoms with Crippen molar-refractivity contribution in [2.75, 3.05) is 7.11 Å². The third kappa shape index (κ3) is 4.85. The first-order chi connectivity index (χ1) is 11.8. The number of nitrogens with one attached hydrogen (secondary N) is 1. The van der Waals surface area contributed by atoms with Gasteiger partial charge >= 0.3 is 16.1 Å². The molecule has 0 aliphatic rings. The highest BCUT2D eigenvalue weighted by molar-refractivity contribution is 7.87. The number of primary amides is 1. The number of carbonyl (C=O) groups is 1. The van der Waals surface area contributed by atoms with Gasteiger partial charge in [-0.3, -0.25) is 0 Å². The average Bonchev–Trinajstić information content (AvgIpc) is 2.57. The molecule has 0 radical (unpaired) electrons. The molecule has 0 unspecified atom stereocenters. The first kappa shape index (κ1) is 18.6. The Labute approximate surface area is 149 Å². The number of nitrogens with zero attached hydrogens (tertiary/aromatic N) is 1. The first-order valence-corrected chi connectivity index (χ1v) is 8.57. The fourth-order valence-electron chi connectivity index (χ4n) is 1.81. The molecule has 0 heterocycles. The molecule has 0 aliphatic heterocycles. The molecule has 0 saturated heterocycles. The number of halogens is 1. The van der Waals surface area contributed by atoms with Crippen LogP contribution in [0.2, 0.25) is 5.02 Å². The van der Waals surface area contributed by atoms with E-state index in [4.69, 9.17) is 26.3 Å². The lowest BCUT2D eigenvalue weighted by Crippen LogP contribution is -2.24. The molecule has 10 heteroatoms. The van der Waals surface area contributed by atoms with Gasteiger partial charge in [0.25, 0.3) is 0 Å². The van der Waals surface area contributed by atoms with Crippen molar-refractivity contribution in [2.24, 2.45) is 10.8 Å². The van der Waals surface area contributed by atoms with Crippen LogP contribution in [0.3, 0.4) is 0 Å². The highest BCUT2D eigenvalue weighted by Crippen LogP contribution is 2.37. The molecule has 2 aromatic carbocycles. The van der Waals surface area contributed by atoms with Crippen LogP contribution in [0.4, 0.5) is 4.79 Å². The van der Waals surface area contributed by atoms with Crippen molar-refractivity contribution < 1.29 is 22.1 Å². The molecule has 25 heavy (non-hydrogen) atoms. The third-order valence-electron chi connectivity index (χ3n) is 2.87. The minimum Gasteiger partial charge on any atom is -0.493 e. The molecule has 0 atom stereocenters. The molecule has 132 valence electrons. The fourth-order valence-corrected chi connectivity index (χ4v) is 3.09. The summed E-state index contributed by atoms with van der Waals surface area (Å²) < 4.78 is 34.9. The summed E-state index contributed by atoms with van der Waals surface area (Å²) in [5, 5.41) is 3.57. The predicted octanol–water partition coefficient (Wildman–Crippen LogP) is 2.12. The second kappa shape index (κ2) is 7.86. The number of amides is 2. The van der Waals surface area contributed by atoms with Crippen LogP contribution >= 0.6 is 11.6 Å². The quantitative estimate of drug-likeness (QED) is 0.449. The maximum Gasteiger partial charge on any atom is 0.339 e. The van der Waals surface area contributed by atoms with E-state index in [0.717, 1.165) is 0 Å². The summed E-state index contributed by atoms with van der Waals surface area (Å²) in [4.78, 5) is 10.6. The normalized spacial score (nSPS) is 11.3. The van der Waals surface area contributed by atoms with Gasteiger partial charge in [0.2, 0.25) is 5.75 Å². The zero-order valence-electron chi connectivity index (χ0n) is 13.0. The molecule has 3 N–H and O–H groups in total. The van der Waals surface area contributed by atoms with Crippen LogP contribution in [-0.4, -0.2) is 27.8 Å². The van der Waals surface area contributed by atoms with E-state index in [0.29, 0.717) is 5.56 Å². The summed E-state index contributed by atoms with van der Waals surface area (Å²) in [6.45, 7) is 0. The third-order valence-corrected chi connectivity index (χ3v) is 4.38. The van der Waals surface area contributed by atoms with Crippen molar-refractivity contribution >= 4 is 34.0 Å². The van der Waals surface area contributed by atoms with Crippen LogP contribution in [0.15, 0.2) is 52.5 Å². The van der Waals surface area contributed by atoms with E-state index in [2.05, 4.69) is 5.10 Å². The SMILES string of the molecule is COc1cc(/C=N/NC(N)=O)cc(Cl)c1OS(=O)(=O)c1ccccc1. The smallest absolute Gasteiger partial charge is 0.339 e. The number of rotatable bonds is 6. The van der Waals surface area contributed by atoms with Crippen molar-refractivity contribution in [3.8, 4) is 11.5 Å². The van der Waals surface area contributed by atoms with E-state index in [-0.39, 0.29) is 21.4 Å². The largest absolute Gasteiger partial charge is 0.493 e.